The number of imidazole rings is 1. The molecule has 0 aliphatic rings. The Morgan fingerprint density at radius 2 is 2.05 bits per heavy atom. The maximum Gasteiger partial charge on any atom is 0.149 e. The van der Waals surface area contributed by atoms with Crippen molar-refractivity contribution in [2.75, 3.05) is 5.73 Å². The lowest BCUT2D eigenvalue weighted by atomic mass is 10.2. The van der Waals surface area contributed by atoms with Crippen LogP contribution in [0.4, 0.5) is 5.69 Å². The molecule has 5 heteroatoms. The lowest BCUT2D eigenvalue weighted by Crippen LogP contribution is -1.93. The smallest absolute Gasteiger partial charge is 0.149 e. The summed E-state index contributed by atoms with van der Waals surface area (Å²) in [5.74, 6) is 1.35. The van der Waals surface area contributed by atoms with Crippen molar-refractivity contribution in [3.8, 4) is 11.5 Å². The fraction of sp³-hybridized carbons (Fsp3) is 0.133. The van der Waals surface area contributed by atoms with Gasteiger partial charge in [-0.1, -0.05) is 11.6 Å². The van der Waals surface area contributed by atoms with Gasteiger partial charge in [0.15, 0.2) is 0 Å². The fourth-order valence-corrected chi connectivity index (χ4v) is 2.49. The van der Waals surface area contributed by atoms with Gasteiger partial charge in [-0.2, -0.15) is 0 Å². The fourth-order valence-electron chi connectivity index (χ4n) is 2.17. The van der Waals surface area contributed by atoms with Crippen LogP contribution in [0.3, 0.4) is 0 Å². The van der Waals surface area contributed by atoms with Crippen molar-refractivity contribution >= 4 is 28.3 Å². The summed E-state index contributed by atoms with van der Waals surface area (Å²) in [5, 5.41) is 0.507. The summed E-state index contributed by atoms with van der Waals surface area (Å²) in [7, 11) is 1.94. The van der Waals surface area contributed by atoms with Gasteiger partial charge >= 0.3 is 0 Å². The Balaban J connectivity index is 2.03. The minimum Gasteiger partial charge on any atom is -0.455 e. The van der Waals surface area contributed by atoms with Crippen LogP contribution in [0.25, 0.3) is 11.0 Å². The van der Waals surface area contributed by atoms with Crippen molar-refractivity contribution < 1.29 is 4.74 Å². The van der Waals surface area contributed by atoms with Crippen molar-refractivity contribution in [3.63, 3.8) is 0 Å². The van der Waals surface area contributed by atoms with Gasteiger partial charge in [-0.25, -0.2) is 4.98 Å². The summed E-state index contributed by atoms with van der Waals surface area (Å²) in [6, 6.07) is 9.26. The third kappa shape index (κ3) is 2.18. The van der Waals surface area contributed by atoms with E-state index in [1.807, 2.05) is 42.8 Å². The second-order valence-electron chi connectivity index (χ2n) is 4.76. The summed E-state index contributed by atoms with van der Waals surface area (Å²) in [6.45, 7) is 1.92. The van der Waals surface area contributed by atoms with Crippen LogP contribution in [0.2, 0.25) is 5.02 Å². The molecule has 0 aliphatic heterocycles. The highest BCUT2D eigenvalue weighted by molar-refractivity contribution is 6.32. The Morgan fingerprint density at radius 1 is 1.25 bits per heavy atom. The van der Waals surface area contributed by atoms with E-state index in [1.54, 1.807) is 12.4 Å². The normalized spacial score (nSPS) is 10.9. The van der Waals surface area contributed by atoms with E-state index >= 15 is 0 Å². The number of hydrogen-bond donors (Lipinski definition) is 1. The summed E-state index contributed by atoms with van der Waals surface area (Å²) in [4.78, 5) is 4.28. The van der Waals surface area contributed by atoms with Crippen LogP contribution in [-0.4, -0.2) is 9.55 Å². The van der Waals surface area contributed by atoms with Crippen molar-refractivity contribution in [2.45, 2.75) is 6.92 Å². The molecule has 0 aliphatic carbocycles. The van der Waals surface area contributed by atoms with Crippen LogP contribution in [0.1, 0.15) is 5.56 Å². The van der Waals surface area contributed by atoms with E-state index < -0.39 is 0 Å². The highest BCUT2D eigenvalue weighted by Crippen LogP contribution is 2.35. The van der Waals surface area contributed by atoms with Gasteiger partial charge in [-0.05, 0) is 36.8 Å². The van der Waals surface area contributed by atoms with E-state index in [1.165, 1.54) is 0 Å². The summed E-state index contributed by atoms with van der Waals surface area (Å²) in [5.41, 5.74) is 9.22. The number of fused-ring (bicyclic) bond motifs is 1. The zero-order chi connectivity index (χ0) is 14.3. The van der Waals surface area contributed by atoms with Crippen molar-refractivity contribution in [3.05, 3.63) is 47.2 Å². The van der Waals surface area contributed by atoms with Gasteiger partial charge in [-0.3, -0.25) is 0 Å². The van der Waals surface area contributed by atoms with Crippen LogP contribution in [0.5, 0.6) is 11.5 Å². The quantitative estimate of drug-likeness (QED) is 0.727. The number of anilines is 1. The summed E-state index contributed by atoms with van der Waals surface area (Å²) in [6.07, 6.45) is 1.77. The predicted octanol–water partition coefficient (Wildman–Crippen LogP) is 3.91. The number of nitrogens with two attached hydrogens (primary N) is 1. The molecule has 102 valence electrons. The first kappa shape index (κ1) is 12.8. The van der Waals surface area contributed by atoms with Crippen molar-refractivity contribution in [2.24, 2.45) is 7.05 Å². The van der Waals surface area contributed by atoms with E-state index in [9.17, 15) is 0 Å². The third-order valence-corrected chi connectivity index (χ3v) is 3.45. The summed E-state index contributed by atoms with van der Waals surface area (Å²) < 4.78 is 7.84. The summed E-state index contributed by atoms with van der Waals surface area (Å²) >= 11 is 6.19. The Morgan fingerprint density at radius 3 is 2.80 bits per heavy atom. The van der Waals surface area contributed by atoms with Gasteiger partial charge in [0.25, 0.3) is 0 Å². The third-order valence-electron chi connectivity index (χ3n) is 3.17. The number of aromatic nitrogens is 2. The molecule has 0 atom stereocenters. The molecule has 0 unspecified atom stereocenters. The molecule has 0 bridgehead atoms. The van der Waals surface area contributed by atoms with Crippen LogP contribution < -0.4 is 10.5 Å². The SMILES string of the molecule is Cc1cc(N)cc(Cl)c1Oc1ccc2ncn(C)c2c1. The van der Waals surface area contributed by atoms with E-state index in [0.717, 1.165) is 22.3 Å². The van der Waals surface area contributed by atoms with Gasteiger partial charge in [0.2, 0.25) is 0 Å². The second-order valence-corrected chi connectivity index (χ2v) is 5.16. The Kier molecular flexibility index (Phi) is 3.03. The Labute approximate surface area is 121 Å². The predicted molar refractivity (Wildman–Crippen MR) is 81.4 cm³/mol. The number of aryl methyl sites for hydroxylation is 2. The highest BCUT2D eigenvalue weighted by Gasteiger charge is 2.09. The van der Waals surface area contributed by atoms with Gasteiger partial charge < -0.3 is 15.0 Å². The van der Waals surface area contributed by atoms with Crippen LogP contribution >= 0.6 is 11.6 Å². The Hall–Kier alpha value is -2.20. The van der Waals surface area contributed by atoms with Crippen LogP contribution in [0, 0.1) is 6.92 Å². The molecule has 0 radical (unpaired) electrons. The maximum atomic E-state index is 6.19. The molecule has 2 aromatic carbocycles. The van der Waals surface area contributed by atoms with Gasteiger partial charge in [0.1, 0.15) is 11.5 Å². The molecule has 4 nitrogen and oxygen atoms in total. The average molecular weight is 288 g/mol. The van der Waals surface area contributed by atoms with Crippen LogP contribution in [-0.2, 0) is 7.05 Å². The van der Waals surface area contributed by atoms with Crippen molar-refractivity contribution in [1.82, 2.24) is 9.55 Å². The monoisotopic (exact) mass is 287 g/mol. The topological polar surface area (TPSA) is 53.1 Å². The molecular formula is C15H14ClN3O. The van der Waals surface area contributed by atoms with Gasteiger partial charge in [0, 0.05) is 18.8 Å². The van der Waals surface area contributed by atoms with Crippen molar-refractivity contribution in [1.29, 1.82) is 0 Å². The molecule has 0 saturated carbocycles. The van der Waals surface area contributed by atoms with Gasteiger partial charge in [0.05, 0.1) is 22.4 Å². The molecule has 20 heavy (non-hydrogen) atoms. The molecule has 1 aromatic heterocycles. The highest BCUT2D eigenvalue weighted by atomic mass is 35.5. The van der Waals surface area contributed by atoms with Crippen LogP contribution in [0.15, 0.2) is 36.7 Å². The lowest BCUT2D eigenvalue weighted by molar-refractivity contribution is 0.480. The van der Waals surface area contributed by atoms with E-state index in [2.05, 4.69) is 4.98 Å². The first-order valence-electron chi connectivity index (χ1n) is 6.19. The molecule has 0 amide bonds. The Bertz CT molecular complexity index is 772. The zero-order valence-corrected chi connectivity index (χ0v) is 12.0. The second kappa shape index (κ2) is 4.72. The largest absolute Gasteiger partial charge is 0.455 e. The number of nitrogen functional groups attached to an aromatic ring is 1. The lowest BCUT2D eigenvalue weighted by Gasteiger charge is -2.11. The first-order chi connectivity index (χ1) is 9.54. The van der Waals surface area contributed by atoms with E-state index in [-0.39, 0.29) is 0 Å². The molecule has 0 saturated heterocycles. The average Bonchev–Trinajstić information content (AvgIpc) is 2.75. The molecule has 3 rings (SSSR count). The number of rotatable bonds is 2. The molecule has 1 heterocycles. The van der Waals surface area contributed by atoms with Gasteiger partial charge in [-0.15, -0.1) is 0 Å². The van der Waals surface area contributed by atoms with E-state index in [0.29, 0.717) is 16.5 Å². The van der Waals surface area contributed by atoms with E-state index in [4.69, 9.17) is 22.1 Å². The number of ether oxygens (including phenoxy) is 1. The number of nitrogens with zero attached hydrogens (tertiary/aromatic N) is 2. The molecule has 0 spiro atoms. The first-order valence-corrected chi connectivity index (χ1v) is 6.57. The molecule has 2 N–H and O–H groups in total. The number of halogens is 1. The minimum atomic E-state index is 0.507. The standard InChI is InChI=1S/C15H14ClN3O/c1-9-5-10(17)6-12(16)15(9)20-11-3-4-13-14(7-11)19(2)8-18-13/h3-8H,17H2,1-2H3. The number of hydrogen-bond acceptors (Lipinski definition) is 3. The molecular weight excluding hydrogens is 274 g/mol. The minimum absolute atomic E-state index is 0.507. The number of benzene rings is 2. The molecule has 0 fully saturated rings. The zero-order valence-electron chi connectivity index (χ0n) is 11.2. The maximum absolute atomic E-state index is 6.19. The molecule has 3 aromatic rings.